The standard InChI is InChI=1S/C12H19NO4/c1-8-5-6-13(7-9(8)10(14)15)11(16)17-12(2,3)4/h7-8H,5-6H2,1-4H3,(H,14,15). The maximum absolute atomic E-state index is 11.8. The Morgan fingerprint density at radius 3 is 2.53 bits per heavy atom. The molecule has 0 aromatic heterocycles. The Hall–Kier alpha value is -1.52. The first-order valence-corrected chi connectivity index (χ1v) is 5.65. The number of carboxylic acids is 1. The molecule has 1 aliphatic rings. The van der Waals surface area contributed by atoms with Crippen LogP contribution in [-0.4, -0.2) is 34.2 Å². The first kappa shape index (κ1) is 13.5. The number of hydrogen-bond acceptors (Lipinski definition) is 3. The van der Waals surface area contributed by atoms with Gasteiger partial charge in [0, 0.05) is 12.7 Å². The molecule has 0 radical (unpaired) electrons. The molecule has 5 nitrogen and oxygen atoms in total. The first-order chi connectivity index (χ1) is 7.70. The average Bonchev–Trinajstić information content (AvgIpc) is 2.14. The topological polar surface area (TPSA) is 66.8 Å². The predicted molar refractivity (Wildman–Crippen MR) is 62.4 cm³/mol. The highest BCUT2D eigenvalue weighted by atomic mass is 16.6. The summed E-state index contributed by atoms with van der Waals surface area (Å²) >= 11 is 0. The summed E-state index contributed by atoms with van der Waals surface area (Å²) in [6, 6.07) is 0. The van der Waals surface area contributed by atoms with Crippen LogP contribution < -0.4 is 0 Å². The Balaban J connectivity index is 2.80. The zero-order chi connectivity index (χ0) is 13.2. The zero-order valence-electron chi connectivity index (χ0n) is 10.7. The number of carbonyl (C=O) groups excluding carboxylic acids is 1. The lowest BCUT2D eigenvalue weighted by atomic mass is 9.95. The van der Waals surface area contributed by atoms with E-state index < -0.39 is 17.7 Å². The van der Waals surface area contributed by atoms with Gasteiger partial charge in [-0.25, -0.2) is 9.59 Å². The number of carboxylic acid groups (broad SMARTS) is 1. The lowest BCUT2D eigenvalue weighted by Crippen LogP contribution is -2.37. The minimum Gasteiger partial charge on any atom is -0.478 e. The molecular weight excluding hydrogens is 222 g/mol. The number of carbonyl (C=O) groups is 2. The Kier molecular flexibility index (Phi) is 3.80. The van der Waals surface area contributed by atoms with Gasteiger partial charge in [-0.3, -0.25) is 4.90 Å². The highest BCUT2D eigenvalue weighted by Gasteiger charge is 2.28. The first-order valence-electron chi connectivity index (χ1n) is 5.65. The molecule has 0 spiro atoms. The molecule has 1 amide bonds. The molecule has 0 aromatic rings. The molecule has 0 aliphatic carbocycles. The van der Waals surface area contributed by atoms with Gasteiger partial charge in [0.25, 0.3) is 0 Å². The van der Waals surface area contributed by atoms with Crippen molar-refractivity contribution in [2.75, 3.05) is 6.54 Å². The van der Waals surface area contributed by atoms with Crippen LogP contribution >= 0.6 is 0 Å². The fraction of sp³-hybridized carbons (Fsp3) is 0.667. The number of amides is 1. The smallest absolute Gasteiger partial charge is 0.414 e. The van der Waals surface area contributed by atoms with Crippen molar-refractivity contribution < 1.29 is 19.4 Å². The average molecular weight is 241 g/mol. The van der Waals surface area contributed by atoms with Crippen LogP contribution in [0.2, 0.25) is 0 Å². The van der Waals surface area contributed by atoms with E-state index in [1.807, 2.05) is 6.92 Å². The van der Waals surface area contributed by atoms with Gasteiger partial charge in [-0.2, -0.15) is 0 Å². The van der Waals surface area contributed by atoms with Crippen LogP contribution in [0.5, 0.6) is 0 Å². The van der Waals surface area contributed by atoms with Crippen LogP contribution in [0.25, 0.3) is 0 Å². The fourth-order valence-electron chi connectivity index (χ4n) is 1.58. The quantitative estimate of drug-likeness (QED) is 0.764. The lowest BCUT2D eigenvalue weighted by Gasteiger charge is -2.29. The minimum absolute atomic E-state index is 0.0359. The van der Waals surface area contributed by atoms with Crippen molar-refractivity contribution in [2.45, 2.75) is 39.7 Å². The second kappa shape index (κ2) is 4.77. The van der Waals surface area contributed by atoms with Crippen molar-refractivity contribution in [2.24, 2.45) is 5.92 Å². The Bertz CT molecular complexity index is 354. The summed E-state index contributed by atoms with van der Waals surface area (Å²) in [5, 5.41) is 8.99. The highest BCUT2D eigenvalue weighted by molar-refractivity contribution is 5.88. The van der Waals surface area contributed by atoms with Gasteiger partial charge in [-0.15, -0.1) is 0 Å². The summed E-state index contributed by atoms with van der Waals surface area (Å²) in [5.41, 5.74) is -0.320. The van der Waals surface area contributed by atoms with E-state index in [0.717, 1.165) is 0 Å². The van der Waals surface area contributed by atoms with Gasteiger partial charge in [-0.05, 0) is 33.1 Å². The third-order valence-electron chi connectivity index (χ3n) is 2.50. The minimum atomic E-state index is -0.981. The third-order valence-corrected chi connectivity index (χ3v) is 2.50. The van der Waals surface area contributed by atoms with E-state index >= 15 is 0 Å². The highest BCUT2D eigenvalue weighted by Crippen LogP contribution is 2.23. The summed E-state index contributed by atoms with van der Waals surface area (Å²) in [5.74, 6) is -1.02. The van der Waals surface area contributed by atoms with Gasteiger partial charge in [0.05, 0.1) is 5.57 Å². The maximum Gasteiger partial charge on any atom is 0.414 e. The van der Waals surface area contributed by atoms with Gasteiger partial charge in [-0.1, -0.05) is 6.92 Å². The van der Waals surface area contributed by atoms with E-state index in [9.17, 15) is 9.59 Å². The normalized spacial score (nSPS) is 20.8. The van der Waals surface area contributed by atoms with Crippen molar-refractivity contribution in [1.29, 1.82) is 0 Å². The molecular formula is C12H19NO4. The number of hydrogen-bond donors (Lipinski definition) is 1. The zero-order valence-corrected chi connectivity index (χ0v) is 10.7. The SMILES string of the molecule is CC1CCN(C(=O)OC(C)(C)C)C=C1C(=O)O. The molecule has 0 bridgehead atoms. The number of nitrogens with zero attached hydrogens (tertiary/aromatic N) is 1. The van der Waals surface area contributed by atoms with E-state index in [4.69, 9.17) is 9.84 Å². The van der Waals surface area contributed by atoms with Crippen molar-refractivity contribution >= 4 is 12.1 Å². The summed E-state index contributed by atoms with van der Waals surface area (Å²) < 4.78 is 5.19. The van der Waals surface area contributed by atoms with Crippen LogP contribution in [-0.2, 0) is 9.53 Å². The molecule has 0 saturated carbocycles. The van der Waals surface area contributed by atoms with E-state index in [1.54, 1.807) is 20.8 Å². The molecule has 1 rings (SSSR count). The summed E-state index contributed by atoms with van der Waals surface area (Å²) in [6.07, 6.45) is 1.52. The van der Waals surface area contributed by atoms with E-state index in [1.165, 1.54) is 11.1 Å². The lowest BCUT2D eigenvalue weighted by molar-refractivity contribution is -0.133. The number of ether oxygens (including phenoxy) is 1. The van der Waals surface area contributed by atoms with Gasteiger partial charge < -0.3 is 9.84 Å². The van der Waals surface area contributed by atoms with Crippen LogP contribution in [0.15, 0.2) is 11.8 Å². The second-order valence-electron chi connectivity index (χ2n) is 5.25. The molecule has 0 aromatic carbocycles. The van der Waals surface area contributed by atoms with Gasteiger partial charge in [0.2, 0.25) is 0 Å². The molecule has 1 aliphatic heterocycles. The van der Waals surface area contributed by atoms with Crippen LogP contribution in [0, 0.1) is 5.92 Å². The van der Waals surface area contributed by atoms with Gasteiger partial charge in [0.15, 0.2) is 0 Å². The molecule has 0 saturated heterocycles. The second-order valence-corrected chi connectivity index (χ2v) is 5.25. The maximum atomic E-state index is 11.8. The van der Waals surface area contributed by atoms with Crippen molar-refractivity contribution in [3.05, 3.63) is 11.8 Å². The molecule has 17 heavy (non-hydrogen) atoms. The van der Waals surface area contributed by atoms with E-state index in [-0.39, 0.29) is 11.5 Å². The Morgan fingerprint density at radius 2 is 2.06 bits per heavy atom. The molecule has 96 valence electrons. The summed E-state index contributed by atoms with van der Waals surface area (Å²) in [6.45, 7) is 7.66. The Morgan fingerprint density at radius 1 is 1.47 bits per heavy atom. The fourth-order valence-corrected chi connectivity index (χ4v) is 1.58. The molecule has 0 fully saturated rings. The van der Waals surface area contributed by atoms with E-state index in [2.05, 4.69) is 0 Å². The molecule has 1 atom stereocenters. The van der Waals surface area contributed by atoms with Crippen molar-refractivity contribution in [3.8, 4) is 0 Å². The summed E-state index contributed by atoms with van der Waals surface area (Å²) in [4.78, 5) is 24.1. The predicted octanol–water partition coefficient (Wildman–Crippen LogP) is 2.23. The van der Waals surface area contributed by atoms with Gasteiger partial charge >= 0.3 is 12.1 Å². The summed E-state index contributed by atoms with van der Waals surface area (Å²) in [7, 11) is 0. The van der Waals surface area contributed by atoms with Crippen LogP contribution in [0.1, 0.15) is 34.1 Å². The number of rotatable bonds is 1. The number of aliphatic carboxylic acids is 1. The van der Waals surface area contributed by atoms with Crippen molar-refractivity contribution in [3.63, 3.8) is 0 Å². The molecule has 5 heteroatoms. The van der Waals surface area contributed by atoms with Gasteiger partial charge in [0.1, 0.15) is 5.60 Å². The molecule has 1 unspecified atom stereocenters. The molecule has 1 heterocycles. The van der Waals surface area contributed by atoms with Crippen LogP contribution in [0.3, 0.4) is 0 Å². The Labute approximate surface area is 101 Å². The molecule has 1 N–H and O–H groups in total. The largest absolute Gasteiger partial charge is 0.478 e. The third kappa shape index (κ3) is 3.76. The van der Waals surface area contributed by atoms with E-state index in [0.29, 0.717) is 13.0 Å². The van der Waals surface area contributed by atoms with Crippen LogP contribution in [0.4, 0.5) is 4.79 Å². The van der Waals surface area contributed by atoms with Crippen molar-refractivity contribution in [1.82, 2.24) is 4.90 Å². The monoisotopic (exact) mass is 241 g/mol.